The number of hydrogen-bond donors (Lipinski definition) is 1. The van der Waals surface area contributed by atoms with Crippen molar-refractivity contribution in [2.75, 3.05) is 0 Å². The SMILES string of the molecule is NC(Cc1ccccc1)c1c(F)cc(Br)cc1F. The number of benzene rings is 2. The van der Waals surface area contributed by atoms with Crippen molar-refractivity contribution in [3.8, 4) is 0 Å². The van der Waals surface area contributed by atoms with Crippen molar-refractivity contribution >= 4 is 15.9 Å². The average molecular weight is 312 g/mol. The van der Waals surface area contributed by atoms with E-state index in [-0.39, 0.29) is 5.56 Å². The van der Waals surface area contributed by atoms with Crippen LogP contribution in [0.5, 0.6) is 0 Å². The summed E-state index contributed by atoms with van der Waals surface area (Å²) in [6.45, 7) is 0. The van der Waals surface area contributed by atoms with Gasteiger partial charge < -0.3 is 5.73 Å². The monoisotopic (exact) mass is 311 g/mol. The molecular formula is C14H12BrF2N. The number of rotatable bonds is 3. The first-order valence-electron chi connectivity index (χ1n) is 5.52. The van der Waals surface area contributed by atoms with Crippen LogP contribution in [-0.2, 0) is 6.42 Å². The molecule has 94 valence electrons. The molecule has 0 aliphatic rings. The fraction of sp³-hybridized carbons (Fsp3) is 0.143. The molecule has 1 unspecified atom stereocenters. The lowest BCUT2D eigenvalue weighted by atomic mass is 9.99. The molecule has 4 heteroatoms. The van der Waals surface area contributed by atoms with Gasteiger partial charge in [-0.3, -0.25) is 0 Å². The van der Waals surface area contributed by atoms with Gasteiger partial charge in [0.05, 0.1) is 0 Å². The summed E-state index contributed by atoms with van der Waals surface area (Å²) in [7, 11) is 0. The molecule has 0 aromatic heterocycles. The van der Waals surface area contributed by atoms with Gasteiger partial charge in [-0.15, -0.1) is 0 Å². The summed E-state index contributed by atoms with van der Waals surface area (Å²) < 4.78 is 27.8. The molecule has 2 N–H and O–H groups in total. The maximum absolute atomic E-state index is 13.7. The quantitative estimate of drug-likeness (QED) is 0.912. The van der Waals surface area contributed by atoms with Crippen LogP contribution in [0.2, 0.25) is 0 Å². The van der Waals surface area contributed by atoms with Crippen molar-refractivity contribution in [2.24, 2.45) is 5.73 Å². The molecule has 1 nitrogen and oxygen atoms in total. The predicted octanol–water partition coefficient (Wildman–Crippen LogP) is 3.97. The Morgan fingerprint density at radius 3 is 2.17 bits per heavy atom. The minimum Gasteiger partial charge on any atom is -0.323 e. The Balaban J connectivity index is 2.27. The molecule has 2 aromatic rings. The maximum Gasteiger partial charge on any atom is 0.132 e. The maximum atomic E-state index is 13.7. The van der Waals surface area contributed by atoms with E-state index in [2.05, 4.69) is 15.9 Å². The lowest BCUT2D eigenvalue weighted by molar-refractivity contribution is 0.523. The molecule has 0 saturated carbocycles. The second-order valence-electron chi connectivity index (χ2n) is 4.08. The Bertz CT molecular complexity index is 520. The van der Waals surface area contributed by atoms with E-state index in [0.29, 0.717) is 10.9 Å². The van der Waals surface area contributed by atoms with Crippen LogP contribution in [0.1, 0.15) is 17.2 Å². The molecule has 0 bridgehead atoms. The third-order valence-electron chi connectivity index (χ3n) is 2.71. The van der Waals surface area contributed by atoms with Crippen molar-refractivity contribution in [1.82, 2.24) is 0 Å². The van der Waals surface area contributed by atoms with Gasteiger partial charge in [0, 0.05) is 16.1 Å². The van der Waals surface area contributed by atoms with Crippen molar-refractivity contribution in [3.63, 3.8) is 0 Å². The fourth-order valence-electron chi connectivity index (χ4n) is 1.88. The highest BCUT2D eigenvalue weighted by atomic mass is 79.9. The van der Waals surface area contributed by atoms with Crippen LogP contribution in [0.4, 0.5) is 8.78 Å². The molecule has 0 aliphatic carbocycles. The Hall–Kier alpha value is -1.26. The predicted molar refractivity (Wildman–Crippen MR) is 71.1 cm³/mol. The molecular weight excluding hydrogens is 300 g/mol. The van der Waals surface area contributed by atoms with E-state index in [1.54, 1.807) is 0 Å². The van der Waals surface area contributed by atoms with Gasteiger partial charge in [-0.25, -0.2) is 8.78 Å². The average Bonchev–Trinajstić information content (AvgIpc) is 2.28. The second kappa shape index (κ2) is 5.59. The first-order chi connectivity index (χ1) is 8.58. The third kappa shape index (κ3) is 2.94. The number of hydrogen-bond acceptors (Lipinski definition) is 1. The van der Waals surface area contributed by atoms with Crippen LogP contribution in [-0.4, -0.2) is 0 Å². The molecule has 18 heavy (non-hydrogen) atoms. The second-order valence-corrected chi connectivity index (χ2v) is 5.00. The van der Waals surface area contributed by atoms with E-state index in [4.69, 9.17) is 5.73 Å². The van der Waals surface area contributed by atoms with Gasteiger partial charge >= 0.3 is 0 Å². The molecule has 0 radical (unpaired) electrons. The summed E-state index contributed by atoms with van der Waals surface area (Å²) in [4.78, 5) is 0. The molecule has 2 aromatic carbocycles. The molecule has 0 amide bonds. The van der Waals surface area contributed by atoms with Crippen LogP contribution >= 0.6 is 15.9 Å². The summed E-state index contributed by atoms with van der Waals surface area (Å²) in [6, 6.07) is 11.2. The Morgan fingerprint density at radius 2 is 1.61 bits per heavy atom. The standard InChI is InChI=1S/C14H12BrF2N/c15-10-7-11(16)14(12(17)8-10)13(18)6-9-4-2-1-3-5-9/h1-5,7-8,13H,6,18H2. The van der Waals surface area contributed by atoms with Crippen LogP contribution in [0.3, 0.4) is 0 Å². The van der Waals surface area contributed by atoms with Gasteiger partial charge in [0.2, 0.25) is 0 Å². The summed E-state index contributed by atoms with van der Waals surface area (Å²) in [6.07, 6.45) is 0.399. The largest absolute Gasteiger partial charge is 0.323 e. The minimum absolute atomic E-state index is 0.0675. The zero-order valence-electron chi connectivity index (χ0n) is 9.54. The normalized spacial score (nSPS) is 12.4. The van der Waals surface area contributed by atoms with E-state index in [0.717, 1.165) is 5.56 Å². The van der Waals surface area contributed by atoms with Crippen molar-refractivity contribution in [1.29, 1.82) is 0 Å². The van der Waals surface area contributed by atoms with E-state index in [1.807, 2.05) is 30.3 Å². The summed E-state index contributed by atoms with van der Waals surface area (Å²) in [5, 5.41) is 0. The van der Waals surface area contributed by atoms with Crippen molar-refractivity contribution in [2.45, 2.75) is 12.5 Å². The smallest absolute Gasteiger partial charge is 0.132 e. The molecule has 0 spiro atoms. The summed E-state index contributed by atoms with van der Waals surface area (Å²) in [5.74, 6) is -1.24. The van der Waals surface area contributed by atoms with Gasteiger partial charge in [0.15, 0.2) is 0 Å². The highest BCUT2D eigenvalue weighted by molar-refractivity contribution is 9.10. The summed E-state index contributed by atoms with van der Waals surface area (Å²) in [5.41, 5.74) is 6.77. The highest BCUT2D eigenvalue weighted by Gasteiger charge is 2.17. The highest BCUT2D eigenvalue weighted by Crippen LogP contribution is 2.25. The minimum atomic E-state index is -0.694. The van der Waals surface area contributed by atoms with Gasteiger partial charge in [-0.05, 0) is 24.1 Å². The molecule has 2 rings (SSSR count). The van der Waals surface area contributed by atoms with E-state index >= 15 is 0 Å². The zero-order valence-corrected chi connectivity index (χ0v) is 11.1. The lowest BCUT2D eigenvalue weighted by Crippen LogP contribution is -2.17. The molecule has 0 heterocycles. The van der Waals surface area contributed by atoms with Crippen LogP contribution in [0.25, 0.3) is 0 Å². The fourth-order valence-corrected chi connectivity index (χ4v) is 2.28. The Kier molecular flexibility index (Phi) is 4.09. The van der Waals surface area contributed by atoms with Crippen molar-refractivity contribution < 1.29 is 8.78 Å². The Morgan fingerprint density at radius 1 is 1.06 bits per heavy atom. The van der Waals surface area contributed by atoms with Crippen LogP contribution in [0, 0.1) is 11.6 Å². The molecule has 0 saturated heterocycles. The molecule has 1 atom stereocenters. The van der Waals surface area contributed by atoms with Gasteiger partial charge in [0.25, 0.3) is 0 Å². The van der Waals surface area contributed by atoms with Gasteiger partial charge in [0.1, 0.15) is 11.6 Å². The Labute approximate surface area is 113 Å². The number of nitrogens with two attached hydrogens (primary N) is 1. The topological polar surface area (TPSA) is 26.0 Å². The van der Waals surface area contributed by atoms with E-state index in [1.165, 1.54) is 12.1 Å². The lowest BCUT2D eigenvalue weighted by Gasteiger charge is -2.14. The van der Waals surface area contributed by atoms with Crippen molar-refractivity contribution in [3.05, 3.63) is 69.7 Å². The van der Waals surface area contributed by atoms with Crippen LogP contribution in [0.15, 0.2) is 46.9 Å². The molecule has 0 aliphatic heterocycles. The zero-order chi connectivity index (χ0) is 13.1. The van der Waals surface area contributed by atoms with Crippen LogP contribution < -0.4 is 5.73 Å². The van der Waals surface area contributed by atoms with Gasteiger partial charge in [-0.2, -0.15) is 0 Å². The van der Waals surface area contributed by atoms with E-state index < -0.39 is 17.7 Å². The first kappa shape index (κ1) is 13.2. The molecule has 0 fully saturated rings. The first-order valence-corrected chi connectivity index (χ1v) is 6.31. The van der Waals surface area contributed by atoms with E-state index in [9.17, 15) is 8.78 Å². The third-order valence-corrected chi connectivity index (χ3v) is 3.17. The van der Waals surface area contributed by atoms with Gasteiger partial charge in [-0.1, -0.05) is 46.3 Å². The number of halogens is 3. The summed E-state index contributed by atoms with van der Waals surface area (Å²) >= 11 is 3.04.